The second-order valence-corrected chi connectivity index (χ2v) is 7.96. The maximum atomic E-state index is 13.0. The molecule has 0 radical (unpaired) electrons. The number of pyridine rings is 1. The van der Waals surface area contributed by atoms with Crippen LogP contribution in [-0.4, -0.2) is 67.0 Å². The van der Waals surface area contributed by atoms with E-state index >= 15 is 0 Å². The van der Waals surface area contributed by atoms with Crippen molar-refractivity contribution in [1.82, 2.24) is 20.5 Å². The van der Waals surface area contributed by atoms with Crippen LogP contribution < -0.4 is 20.1 Å². The van der Waals surface area contributed by atoms with Crippen molar-refractivity contribution in [1.29, 1.82) is 0 Å². The predicted molar refractivity (Wildman–Crippen MR) is 122 cm³/mol. The maximum Gasteiger partial charge on any atom is 0.253 e. The molecular weight excluding hydrogens is 424 g/mol. The number of likely N-dealkylation sites (tertiary alicyclic amines) is 1. The minimum atomic E-state index is -0.725. The summed E-state index contributed by atoms with van der Waals surface area (Å²) in [5, 5.41) is 5.78. The van der Waals surface area contributed by atoms with E-state index in [-0.39, 0.29) is 23.8 Å². The Kier molecular flexibility index (Phi) is 8.23. The Morgan fingerprint density at radius 2 is 1.73 bits per heavy atom. The predicted octanol–water partition coefficient (Wildman–Crippen LogP) is 1.57. The molecule has 0 spiro atoms. The van der Waals surface area contributed by atoms with Crippen molar-refractivity contribution in [3.63, 3.8) is 0 Å². The summed E-state index contributed by atoms with van der Waals surface area (Å²) in [6.45, 7) is 2.48. The molecule has 0 aliphatic carbocycles. The molecule has 3 rings (SSSR count). The zero-order valence-electron chi connectivity index (χ0n) is 19.2. The Labute approximate surface area is 193 Å². The van der Waals surface area contributed by atoms with E-state index in [1.165, 1.54) is 6.92 Å². The summed E-state index contributed by atoms with van der Waals surface area (Å²) in [7, 11) is 3.10. The van der Waals surface area contributed by atoms with E-state index in [4.69, 9.17) is 9.47 Å². The molecule has 1 aromatic carbocycles. The second kappa shape index (κ2) is 11.3. The maximum absolute atomic E-state index is 13.0. The first-order valence-corrected chi connectivity index (χ1v) is 10.9. The first-order chi connectivity index (χ1) is 15.9. The normalized spacial score (nSPS) is 14.8. The molecule has 3 amide bonds. The van der Waals surface area contributed by atoms with E-state index in [1.54, 1.807) is 55.8 Å². The number of carbonyl (C=O) groups excluding carboxylic acids is 3. The lowest BCUT2D eigenvalue weighted by molar-refractivity contribution is -0.128. The zero-order valence-corrected chi connectivity index (χ0v) is 19.2. The van der Waals surface area contributed by atoms with Gasteiger partial charge in [0.2, 0.25) is 11.8 Å². The molecule has 176 valence electrons. The number of methoxy groups -OCH3 is 2. The summed E-state index contributed by atoms with van der Waals surface area (Å²) in [4.78, 5) is 43.1. The van der Waals surface area contributed by atoms with Gasteiger partial charge in [0.25, 0.3) is 5.91 Å². The summed E-state index contributed by atoms with van der Waals surface area (Å²) < 4.78 is 10.6. The Hall–Kier alpha value is -3.62. The minimum absolute atomic E-state index is 0.0354. The lowest BCUT2D eigenvalue weighted by Gasteiger charge is -2.33. The van der Waals surface area contributed by atoms with Gasteiger partial charge in [0.1, 0.15) is 6.04 Å². The Bertz CT molecular complexity index is 974. The van der Waals surface area contributed by atoms with Crippen LogP contribution in [-0.2, 0) is 16.0 Å². The van der Waals surface area contributed by atoms with Crippen molar-refractivity contribution >= 4 is 17.7 Å². The number of nitrogens with zero attached hydrogens (tertiary/aromatic N) is 2. The van der Waals surface area contributed by atoms with Gasteiger partial charge in [0.05, 0.1) is 14.2 Å². The lowest BCUT2D eigenvalue weighted by Crippen LogP contribution is -2.53. The summed E-state index contributed by atoms with van der Waals surface area (Å²) in [6.07, 6.45) is 4.80. The zero-order chi connectivity index (χ0) is 23.8. The molecule has 2 aromatic rings. The first kappa shape index (κ1) is 24.0. The van der Waals surface area contributed by atoms with Crippen LogP contribution in [0, 0.1) is 0 Å². The summed E-state index contributed by atoms with van der Waals surface area (Å²) in [6, 6.07) is 8.01. The highest BCUT2D eigenvalue weighted by atomic mass is 16.5. The van der Waals surface area contributed by atoms with Gasteiger partial charge in [0.15, 0.2) is 11.5 Å². The quantitative estimate of drug-likeness (QED) is 0.627. The van der Waals surface area contributed by atoms with E-state index in [0.29, 0.717) is 49.4 Å². The molecule has 33 heavy (non-hydrogen) atoms. The Morgan fingerprint density at radius 1 is 1.06 bits per heavy atom. The van der Waals surface area contributed by atoms with Crippen molar-refractivity contribution < 1.29 is 23.9 Å². The number of hydrogen-bond donors (Lipinski definition) is 2. The molecule has 1 aliphatic rings. The average Bonchev–Trinajstić information content (AvgIpc) is 2.83. The highest BCUT2D eigenvalue weighted by Gasteiger charge is 2.27. The molecule has 1 aromatic heterocycles. The van der Waals surface area contributed by atoms with Gasteiger partial charge in [-0.1, -0.05) is 6.07 Å². The lowest BCUT2D eigenvalue weighted by atomic mass is 10.0. The van der Waals surface area contributed by atoms with Crippen LogP contribution in [0.25, 0.3) is 0 Å². The number of ether oxygens (including phenoxy) is 2. The largest absolute Gasteiger partial charge is 0.493 e. The van der Waals surface area contributed by atoms with Crippen LogP contribution in [0.4, 0.5) is 0 Å². The topological polar surface area (TPSA) is 110 Å². The fourth-order valence-electron chi connectivity index (χ4n) is 3.90. The van der Waals surface area contributed by atoms with Gasteiger partial charge in [-0.05, 0) is 42.7 Å². The molecular formula is C24H30N4O5. The highest BCUT2D eigenvalue weighted by Crippen LogP contribution is 2.28. The molecule has 1 atom stereocenters. The number of rotatable bonds is 8. The molecule has 2 heterocycles. The van der Waals surface area contributed by atoms with Crippen molar-refractivity contribution in [2.75, 3.05) is 27.3 Å². The number of carbonyl (C=O) groups is 3. The van der Waals surface area contributed by atoms with Gasteiger partial charge >= 0.3 is 0 Å². The third-order valence-electron chi connectivity index (χ3n) is 5.64. The standard InChI is InChI=1S/C24H30N4O5/c1-16(29)26-20(14-17-4-5-21(32-2)22(15-17)33-3)23(30)27-19-8-12-28(13-9-19)24(31)18-6-10-25-11-7-18/h4-7,10-11,15,19-20H,8-9,12-14H2,1-3H3,(H,26,29)(H,27,30)/t20-/m0/s1. The van der Waals surface area contributed by atoms with Gasteiger partial charge in [-0.25, -0.2) is 0 Å². The molecule has 0 saturated carbocycles. The fourth-order valence-corrected chi connectivity index (χ4v) is 3.90. The molecule has 0 unspecified atom stereocenters. The van der Waals surface area contributed by atoms with Crippen LogP contribution in [0.15, 0.2) is 42.7 Å². The second-order valence-electron chi connectivity index (χ2n) is 7.96. The first-order valence-electron chi connectivity index (χ1n) is 10.9. The number of piperidine rings is 1. The van der Waals surface area contributed by atoms with Gasteiger partial charge < -0.3 is 25.0 Å². The highest BCUT2D eigenvalue weighted by molar-refractivity contribution is 5.94. The molecule has 0 bridgehead atoms. The van der Waals surface area contributed by atoms with E-state index < -0.39 is 6.04 Å². The Balaban J connectivity index is 1.59. The molecule has 1 aliphatic heterocycles. The van der Waals surface area contributed by atoms with Crippen molar-refractivity contribution in [2.24, 2.45) is 0 Å². The Morgan fingerprint density at radius 3 is 2.33 bits per heavy atom. The van der Waals surface area contributed by atoms with Crippen LogP contribution >= 0.6 is 0 Å². The number of aromatic nitrogens is 1. The van der Waals surface area contributed by atoms with Crippen LogP contribution in [0.2, 0.25) is 0 Å². The monoisotopic (exact) mass is 454 g/mol. The van der Waals surface area contributed by atoms with E-state index in [2.05, 4.69) is 15.6 Å². The number of benzene rings is 1. The summed E-state index contributed by atoms with van der Waals surface area (Å²) in [5.41, 5.74) is 1.44. The van der Waals surface area contributed by atoms with E-state index in [1.807, 2.05) is 6.07 Å². The van der Waals surface area contributed by atoms with Gasteiger partial charge in [0, 0.05) is 50.4 Å². The molecule has 9 nitrogen and oxygen atoms in total. The van der Waals surface area contributed by atoms with Crippen molar-refractivity contribution in [2.45, 2.75) is 38.3 Å². The number of nitrogens with one attached hydrogen (secondary N) is 2. The average molecular weight is 455 g/mol. The van der Waals surface area contributed by atoms with Crippen LogP contribution in [0.5, 0.6) is 11.5 Å². The summed E-state index contributed by atoms with van der Waals surface area (Å²) in [5.74, 6) is 0.581. The molecule has 1 fully saturated rings. The van der Waals surface area contributed by atoms with Gasteiger partial charge in [-0.15, -0.1) is 0 Å². The third kappa shape index (κ3) is 6.44. The third-order valence-corrected chi connectivity index (χ3v) is 5.64. The SMILES string of the molecule is COc1ccc(C[C@H](NC(C)=O)C(=O)NC2CCN(C(=O)c3ccncc3)CC2)cc1OC. The minimum Gasteiger partial charge on any atom is -0.493 e. The fraction of sp³-hybridized carbons (Fsp3) is 0.417. The van der Waals surface area contributed by atoms with Crippen LogP contribution in [0.1, 0.15) is 35.7 Å². The van der Waals surface area contributed by atoms with Gasteiger partial charge in [-0.2, -0.15) is 0 Å². The number of amides is 3. The van der Waals surface area contributed by atoms with Crippen molar-refractivity contribution in [3.8, 4) is 11.5 Å². The molecule has 9 heteroatoms. The van der Waals surface area contributed by atoms with E-state index in [0.717, 1.165) is 5.56 Å². The number of hydrogen-bond acceptors (Lipinski definition) is 6. The van der Waals surface area contributed by atoms with Crippen molar-refractivity contribution in [3.05, 3.63) is 53.9 Å². The van der Waals surface area contributed by atoms with E-state index in [9.17, 15) is 14.4 Å². The molecule has 2 N–H and O–H groups in total. The smallest absolute Gasteiger partial charge is 0.253 e. The summed E-state index contributed by atoms with van der Waals surface area (Å²) >= 11 is 0. The van der Waals surface area contributed by atoms with Gasteiger partial charge in [-0.3, -0.25) is 19.4 Å². The molecule has 1 saturated heterocycles. The van der Waals surface area contributed by atoms with Crippen LogP contribution in [0.3, 0.4) is 0 Å².